The van der Waals surface area contributed by atoms with Crippen LogP contribution in [-0.4, -0.2) is 23.8 Å². The molecule has 0 spiro atoms. The molecule has 1 aliphatic heterocycles. The molecule has 0 radical (unpaired) electrons. The van der Waals surface area contributed by atoms with E-state index in [0.717, 1.165) is 11.1 Å². The third-order valence-corrected chi connectivity index (χ3v) is 4.93. The van der Waals surface area contributed by atoms with Crippen molar-refractivity contribution in [1.29, 1.82) is 5.26 Å². The number of ether oxygens (including phenoxy) is 2. The second kappa shape index (κ2) is 8.10. The summed E-state index contributed by atoms with van der Waals surface area (Å²) in [5.41, 5.74) is 3.17. The molecule has 1 heterocycles. The number of rotatable bonds is 6. The first-order valence-electron chi connectivity index (χ1n) is 9.34. The van der Waals surface area contributed by atoms with Crippen molar-refractivity contribution in [1.82, 2.24) is 4.90 Å². The van der Waals surface area contributed by atoms with Gasteiger partial charge in [0.2, 0.25) is 0 Å². The lowest BCUT2D eigenvalue weighted by Crippen LogP contribution is -2.29. The fourth-order valence-electron chi connectivity index (χ4n) is 3.32. The van der Waals surface area contributed by atoms with Gasteiger partial charge >= 0.3 is 0 Å². The van der Waals surface area contributed by atoms with Gasteiger partial charge in [-0.05, 0) is 35.4 Å². The Hall–Kier alpha value is -4.11. The Kier molecular flexibility index (Phi) is 5.19. The molecule has 0 bridgehead atoms. The van der Waals surface area contributed by atoms with Crippen molar-refractivity contribution in [2.24, 2.45) is 0 Å². The topological polar surface area (TPSA) is 79.6 Å². The van der Waals surface area contributed by atoms with E-state index < -0.39 is 0 Å². The van der Waals surface area contributed by atoms with E-state index >= 15 is 0 Å². The fourth-order valence-corrected chi connectivity index (χ4v) is 3.32. The highest BCUT2D eigenvalue weighted by Crippen LogP contribution is 2.29. The summed E-state index contributed by atoms with van der Waals surface area (Å²) < 4.78 is 11.1. The van der Waals surface area contributed by atoms with Gasteiger partial charge in [0.05, 0.1) is 36.4 Å². The molecule has 0 unspecified atom stereocenters. The molecule has 4 rings (SSSR count). The molecule has 0 N–H and O–H groups in total. The first-order chi connectivity index (χ1) is 14.6. The van der Waals surface area contributed by atoms with Crippen LogP contribution in [0.25, 0.3) is 0 Å². The van der Waals surface area contributed by atoms with Crippen molar-refractivity contribution in [3.05, 3.63) is 94.5 Å². The standard InChI is InChI=1S/C24H18N2O4/c1-29-22-12-18(13-25)10-11-21(22)30-15-17-8-6-16(7-9-17)14-26-23(27)19-4-2-3-5-20(19)24(26)28/h2-12H,14-15H2,1H3. The SMILES string of the molecule is COc1cc(C#N)ccc1OCc1ccc(CN2C(=O)c3ccccc3C2=O)cc1. The summed E-state index contributed by atoms with van der Waals surface area (Å²) in [4.78, 5) is 26.3. The third-order valence-electron chi connectivity index (χ3n) is 4.93. The predicted octanol–water partition coefficient (Wildman–Crippen LogP) is 3.94. The summed E-state index contributed by atoms with van der Waals surface area (Å²) in [6.07, 6.45) is 0. The van der Waals surface area contributed by atoms with Crippen LogP contribution in [0, 0.1) is 11.3 Å². The summed E-state index contributed by atoms with van der Waals surface area (Å²) >= 11 is 0. The normalized spacial score (nSPS) is 12.5. The van der Waals surface area contributed by atoms with Crippen LogP contribution in [0.15, 0.2) is 66.7 Å². The van der Waals surface area contributed by atoms with Crippen LogP contribution in [-0.2, 0) is 13.2 Å². The molecule has 0 saturated heterocycles. The van der Waals surface area contributed by atoms with E-state index in [-0.39, 0.29) is 18.4 Å². The Morgan fingerprint density at radius 1 is 0.867 bits per heavy atom. The van der Waals surface area contributed by atoms with Crippen LogP contribution in [0.2, 0.25) is 0 Å². The number of benzene rings is 3. The van der Waals surface area contributed by atoms with Crippen LogP contribution in [0.4, 0.5) is 0 Å². The number of amides is 2. The van der Waals surface area contributed by atoms with E-state index in [1.54, 1.807) is 42.5 Å². The van der Waals surface area contributed by atoms with E-state index in [9.17, 15) is 9.59 Å². The van der Waals surface area contributed by atoms with E-state index in [2.05, 4.69) is 6.07 Å². The Morgan fingerprint density at radius 2 is 1.50 bits per heavy atom. The highest BCUT2D eigenvalue weighted by atomic mass is 16.5. The minimum absolute atomic E-state index is 0.219. The smallest absolute Gasteiger partial charge is 0.261 e. The molecule has 3 aromatic carbocycles. The quantitative estimate of drug-likeness (QED) is 0.588. The van der Waals surface area contributed by atoms with Gasteiger partial charge in [-0.25, -0.2) is 0 Å². The Bertz CT molecular complexity index is 1130. The number of carbonyl (C=O) groups excluding carboxylic acids is 2. The molecule has 148 valence electrons. The van der Waals surface area contributed by atoms with Gasteiger partial charge in [-0.2, -0.15) is 5.26 Å². The van der Waals surface area contributed by atoms with Gasteiger partial charge in [-0.15, -0.1) is 0 Å². The molecule has 6 nitrogen and oxygen atoms in total. The van der Waals surface area contributed by atoms with Gasteiger partial charge in [-0.1, -0.05) is 36.4 Å². The number of fused-ring (bicyclic) bond motifs is 1. The zero-order valence-corrected chi connectivity index (χ0v) is 16.3. The monoisotopic (exact) mass is 398 g/mol. The summed E-state index contributed by atoms with van der Waals surface area (Å²) in [6.45, 7) is 0.534. The van der Waals surface area contributed by atoms with E-state index in [4.69, 9.17) is 14.7 Å². The van der Waals surface area contributed by atoms with Crippen molar-refractivity contribution in [3.8, 4) is 17.6 Å². The van der Waals surface area contributed by atoms with Gasteiger partial charge < -0.3 is 9.47 Å². The lowest BCUT2D eigenvalue weighted by atomic mass is 10.1. The Balaban J connectivity index is 1.41. The minimum atomic E-state index is -0.268. The summed E-state index contributed by atoms with van der Waals surface area (Å²) in [5.74, 6) is 0.509. The lowest BCUT2D eigenvalue weighted by Gasteiger charge is -2.14. The molecule has 0 aromatic heterocycles. The van der Waals surface area contributed by atoms with Crippen molar-refractivity contribution < 1.29 is 19.1 Å². The van der Waals surface area contributed by atoms with Gasteiger partial charge in [0.25, 0.3) is 11.8 Å². The van der Waals surface area contributed by atoms with Gasteiger partial charge in [0, 0.05) is 6.07 Å². The number of nitriles is 1. The van der Waals surface area contributed by atoms with E-state index in [0.29, 0.717) is 34.8 Å². The molecule has 2 amide bonds. The number of hydrogen-bond donors (Lipinski definition) is 0. The van der Waals surface area contributed by atoms with E-state index in [1.165, 1.54) is 12.0 Å². The molecular weight excluding hydrogens is 380 g/mol. The molecule has 6 heteroatoms. The molecule has 30 heavy (non-hydrogen) atoms. The Labute approximate surface area is 173 Å². The number of imide groups is 1. The van der Waals surface area contributed by atoms with Crippen LogP contribution in [0.3, 0.4) is 0 Å². The van der Waals surface area contributed by atoms with Crippen molar-refractivity contribution in [2.45, 2.75) is 13.2 Å². The molecule has 1 aliphatic rings. The third kappa shape index (κ3) is 3.61. The van der Waals surface area contributed by atoms with Gasteiger partial charge in [0.15, 0.2) is 11.5 Å². The van der Waals surface area contributed by atoms with Crippen LogP contribution >= 0.6 is 0 Å². The maximum atomic E-state index is 12.5. The largest absolute Gasteiger partial charge is 0.493 e. The first kappa shape index (κ1) is 19.2. The van der Waals surface area contributed by atoms with E-state index in [1.807, 2.05) is 24.3 Å². The minimum Gasteiger partial charge on any atom is -0.493 e. The average Bonchev–Trinajstić information content (AvgIpc) is 3.03. The van der Waals surface area contributed by atoms with Crippen LogP contribution in [0.5, 0.6) is 11.5 Å². The van der Waals surface area contributed by atoms with Crippen molar-refractivity contribution >= 4 is 11.8 Å². The number of methoxy groups -OCH3 is 1. The van der Waals surface area contributed by atoms with Crippen LogP contribution < -0.4 is 9.47 Å². The Morgan fingerprint density at radius 3 is 2.10 bits per heavy atom. The lowest BCUT2D eigenvalue weighted by molar-refractivity contribution is 0.0642. The first-order valence-corrected chi connectivity index (χ1v) is 9.34. The zero-order chi connectivity index (χ0) is 21.1. The maximum Gasteiger partial charge on any atom is 0.261 e. The number of nitrogens with zero attached hydrogens (tertiary/aromatic N) is 2. The van der Waals surface area contributed by atoms with Crippen molar-refractivity contribution in [3.63, 3.8) is 0 Å². The summed E-state index contributed by atoms with van der Waals surface area (Å²) in [6, 6.07) is 21.5. The summed E-state index contributed by atoms with van der Waals surface area (Å²) in [7, 11) is 1.53. The second-order valence-electron chi connectivity index (χ2n) is 6.82. The van der Waals surface area contributed by atoms with Crippen molar-refractivity contribution in [2.75, 3.05) is 7.11 Å². The fraction of sp³-hybridized carbons (Fsp3) is 0.125. The molecule has 0 aliphatic carbocycles. The highest BCUT2D eigenvalue weighted by molar-refractivity contribution is 6.21. The predicted molar refractivity (Wildman–Crippen MR) is 109 cm³/mol. The number of carbonyl (C=O) groups is 2. The maximum absolute atomic E-state index is 12.5. The van der Waals surface area contributed by atoms with Crippen LogP contribution in [0.1, 0.15) is 37.4 Å². The number of hydrogen-bond acceptors (Lipinski definition) is 5. The highest BCUT2D eigenvalue weighted by Gasteiger charge is 2.34. The zero-order valence-electron chi connectivity index (χ0n) is 16.3. The van der Waals surface area contributed by atoms with Gasteiger partial charge in [0.1, 0.15) is 6.61 Å². The van der Waals surface area contributed by atoms with Gasteiger partial charge in [-0.3, -0.25) is 14.5 Å². The molecule has 3 aromatic rings. The second-order valence-corrected chi connectivity index (χ2v) is 6.82. The molecule has 0 fully saturated rings. The molecule has 0 atom stereocenters. The summed E-state index contributed by atoms with van der Waals surface area (Å²) in [5, 5.41) is 8.98. The molecule has 0 saturated carbocycles. The molecular formula is C24H18N2O4. The average molecular weight is 398 g/mol.